The zero-order chi connectivity index (χ0) is 13.5. The third kappa shape index (κ3) is 1.59. The smallest absolute Gasteiger partial charge is 0.319 e. The number of rotatable bonds is 3. The SMILES string of the molecule is COC(=O)C1(C(=O)c2coc3ccccc23)CCC1. The number of fused-ring (bicyclic) bond motifs is 1. The molecule has 3 rings (SSSR count). The summed E-state index contributed by atoms with van der Waals surface area (Å²) in [5, 5.41) is 0.752. The number of carbonyl (C=O) groups excluding carboxylic acids is 2. The molecule has 0 saturated heterocycles. The van der Waals surface area contributed by atoms with Crippen LogP contribution in [0.1, 0.15) is 29.6 Å². The minimum atomic E-state index is -0.999. The maximum atomic E-state index is 12.7. The van der Waals surface area contributed by atoms with E-state index >= 15 is 0 Å². The van der Waals surface area contributed by atoms with Crippen molar-refractivity contribution in [3.63, 3.8) is 0 Å². The van der Waals surface area contributed by atoms with Gasteiger partial charge in [0.1, 0.15) is 17.3 Å². The van der Waals surface area contributed by atoms with Gasteiger partial charge >= 0.3 is 5.97 Å². The van der Waals surface area contributed by atoms with Gasteiger partial charge in [-0.25, -0.2) is 0 Å². The van der Waals surface area contributed by atoms with Gasteiger partial charge in [-0.3, -0.25) is 9.59 Å². The van der Waals surface area contributed by atoms with E-state index in [2.05, 4.69) is 0 Å². The average molecular weight is 258 g/mol. The fourth-order valence-electron chi connectivity index (χ4n) is 2.66. The summed E-state index contributed by atoms with van der Waals surface area (Å²) in [5.41, 5.74) is 0.132. The first-order valence-corrected chi connectivity index (χ1v) is 6.28. The largest absolute Gasteiger partial charge is 0.468 e. The van der Waals surface area contributed by atoms with Gasteiger partial charge in [0.15, 0.2) is 5.78 Å². The quantitative estimate of drug-likeness (QED) is 0.482. The molecule has 1 fully saturated rings. The lowest BCUT2D eigenvalue weighted by atomic mass is 9.64. The molecule has 98 valence electrons. The zero-order valence-corrected chi connectivity index (χ0v) is 10.6. The maximum Gasteiger partial charge on any atom is 0.319 e. The highest BCUT2D eigenvalue weighted by atomic mass is 16.5. The number of para-hydroxylation sites is 1. The lowest BCUT2D eigenvalue weighted by Crippen LogP contribution is -2.45. The summed E-state index contributed by atoms with van der Waals surface area (Å²) in [6, 6.07) is 7.33. The van der Waals surface area contributed by atoms with Gasteiger partial charge in [-0.05, 0) is 18.9 Å². The summed E-state index contributed by atoms with van der Waals surface area (Å²) in [4.78, 5) is 24.6. The average Bonchev–Trinajstić information content (AvgIpc) is 2.80. The van der Waals surface area contributed by atoms with Crippen molar-refractivity contribution in [3.8, 4) is 0 Å². The van der Waals surface area contributed by atoms with Crippen molar-refractivity contribution >= 4 is 22.7 Å². The number of hydrogen-bond donors (Lipinski definition) is 0. The minimum Gasteiger partial charge on any atom is -0.468 e. The van der Waals surface area contributed by atoms with Crippen LogP contribution in [0.15, 0.2) is 34.9 Å². The number of furan rings is 1. The van der Waals surface area contributed by atoms with Crippen LogP contribution in [-0.4, -0.2) is 18.9 Å². The molecular formula is C15H14O4. The summed E-state index contributed by atoms with van der Waals surface area (Å²) >= 11 is 0. The monoisotopic (exact) mass is 258 g/mol. The Hall–Kier alpha value is -2.10. The van der Waals surface area contributed by atoms with E-state index in [1.54, 1.807) is 6.07 Å². The van der Waals surface area contributed by atoms with E-state index in [0.717, 1.165) is 11.8 Å². The van der Waals surface area contributed by atoms with Crippen molar-refractivity contribution < 1.29 is 18.7 Å². The summed E-state index contributed by atoms with van der Waals surface area (Å²) in [6.07, 6.45) is 3.42. The number of methoxy groups -OCH3 is 1. The van der Waals surface area contributed by atoms with Crippen molar-refractivity contribution in [2.24, 2.45) is 5.41 Å². The van der Waals surface area contributed by atoms with Crippen molar-refractivity contribution in [1.29, 1.82) is 0 Å². The Kier molecular flexibility index (Phi) is 2.66. The highest BCUT2D eigenvalue weighted by Crippen LogP contribution is 2.45. The molecule has 1 aliphatic carbocycles. The van der Waals surface area contributed by atoms with Gasteiger partial charge in [-0.15, -0.1) is 0 Å². The van der Waals surface area contributed by atoms with Crippen molar-refractivity contribution in [1.82, 2.24) is 0 Å². The van der Waals surface area contributed by atoms with Crippen molar-refractivity contribution in [2.75, 3.05) is 7.11 Å². The molecule has 0 atom stereocenters. The van der Waals surface area contributed by atoms with E-state index in [0.29, 0.717) is 24.0 Å². The zero-order valence-electron chi connectivity index (χ0n) is 10.6. The van der Waals surface area contributed by atoms with E-state index in [4.69, 9.17) is 9.15 Å². The van der Waals surface area contributed by atoms with Crippen LogP contribution in [0.3, 0.4) is 0 Å². The number of Topliss-reactive ketones (excluding diaryl/α,β-unsaturated/α-hetero) is 1. The maximum absolute atomic E-state index is 12.7. The van der Waals surface area contributed by atoms with Gasteiger partial charge in [0.05, 0.1) is 12.7 Å². The molecule has 19 heavy (non-hydrogen) atoms. The predicted octanol–water partition coefficient (Wildman–Crippen LogP) is 2.96. The first kappa shape index (κ1) is 12.0. The van der Waals surface area contributed by atoms with Crippen LogP contribution in [0.25, 0.3) is 11.0 Å². The van der Waals surface area contributed by atoms with Crippen LogP contribution in [-0.2, 0) is 9.53 Å². The van der Waals surface area contributed by atoms with Gasteiger partial charge in [-0.2, -0.15) is 0 Å². The highest BCUT2D eigenvalue weighted by Gasteiger charge is 2.52. The van der Waals surface area contributed by atoms with E-state index in [1.165, 1.54) is 13.4 Å². The van der Waals surface area contributed by atoms with E-state index in [9.17, 15) is 9.59 Å². The van der Waals surface area contributed by atoms with Gasteiger partial charge in [-0.1, -0.05) is 24.6 Å². The molecule has 0 unspecified atom stereocenters. The Balaban J connectivity index is 2.06. The Morgan fingerprint density at radius 2 is 2.00 bits per heavy atom. The van der Waals surface area contributed by atoms with Crippen LogP contribution in [0.4, 0.5) is 0 Å². The normalized spacial score (nSPS) is 16.9. The summed E-state index contributed by atoms with van der Waals surface area (Å²) < 4.78 is 10.2. The van der Waals surface area contributed by atoms with E-state index in [-0.39, 0.29) is 5.78 Å². The summed E-state index contributed by atoms with van der Waals surface area (Å²) in [5.74, 6) is -0.621. The van der Waals surface area contributed by atoms with Gasteiger partial charge in [0.2, 0.25) is 0 Å². The molecular weight excluding hydrogens is 244 g/mol. The molecule has 0 aliphatic heterocycles. The molecule has 1 heterocycles. The molecule has 4 nitrogen and oxygen atoms in total. The molecule has 0 amide bonds. The third-order valence-electron chi connectivity index (χ3n) is 3.94. The number of hydrogen-bond acceptors (Lipinski definition) is 4. The Morgan fingerprint density at radius 3 is 2.63 bits per heavy atom. The number of esters is 1. The topological polar surface area (TPSA) is 56.5 Å². The fourth-order valence-corrected chi connectivity index (χ4v) is 2.66. The molecule has 0 bridgehead atoms. The van der Waals surface area contributed by atoms with Crippen LogP contribution in [0.5, 0.6) is 0 Å². The van der Waals surface area contributed by atoms with Crippen LogP contribution in [0.2, 0.25) is 0 Å². The number of ether oxygens (including phenoxy) is 1. The first-order valence-electron chi connectivity index (χ1n) is 6.28. The van der Waals surface area contributed by atoms with E-state index in [1.807, 2.05) is 18.2 Å². The second-order valence-corrected chi connectivity index (χ2v) is 4.90. The van der Waals surface area contributed by atoms with Gasteiger partial charge in [0.25, 0.3) is 0 Å². The molecule has 0 spiro atoms. The molecule has 2 aromatic rings. The number of ketones is 1. The standard InChI is InChI=1S/C15H14O4/c1-18-14(17)15(7-4-8-15)13(16)11-9-19-12-6-3-2-5-10(11)12/h2-3,5-6,9H,4,7-8H2,1H3. The molecule has 1 aromatic carbocycles. The molecule has 1 saturated carbocycles. The minimum absolute atomic E-state index is 0.185. The third-order valence-corrected chi connectivity index (χ3v) is 3.94. The molecule has 0 radical (unpaired) electrons. The van der Waals surface area contributed by atoms with Crippen LogP contribution < -0.4 is 0 Å². The Bertz CT molecular complexity index is 649. The lowest BCUT2D eigenvalue weighted by Gasteiger charge is -2.36. The number of carbonyl (C=O) groups is 2. The fraction of sp³-hybridized carbons (Fsp3) is 0.333. The summed E-state index contributed by atoms with van der Waals surface area (Å²) in [7, 11) is 1.32. The Labute approximate surface area is 110 Å². The Morgan fingerprint density at radius 1 is 1.26 bits per heavy atom. The summed E-state index contributed by atoms with van der Waals surface area (Å²) in [6.45, 7) is 0. The second kappa shape index (κ2) is 4.23. The van der Waals surface area contributed by atoms with Crippen LogP contribution >= 0.6 is 0 Å². The van der Waals surface area contributed by atoms with Crippen LogP contribution in [0, 0.1) is 5.41 Å². The van der Waals surface area contributed by atoms with E-state index < -0.39 is 11.4 Å². The molecule has 0 N–H and O–H groups in total. The number of benzene rings is 1. The van der Waals surface area contributed by atoms with Crippen molar-refractivity contribution in [2.45, 2.75) is 19.3 Å². The molecule has 1 aliphatic rings. The van der Waals surface area contributed by atoms with Gasteiger partial charge in [0, 0.05) is 5.39 Å². The second-order valence-electron chi connectivity index (χ2n) is 4.90. The lowest BCUT2D eigenvalue weighted by molar-refractivity contribution is -0.153. The van der Waals surface area contributed by atoms with Gasteiger partial charge < -0.3 is 9.15 Å². The molecule has 4 heteroatoms. The van der Waals surface area contributed by atoms with Crippen molar-refractivity contribution in [3.05, 3.63) is 36.1 Å². The molecule has 1 aromatic heterocycles. The first-order chi connectivity index (χ1) is 9.19. The predicted molar refractivity (Wildman–Crippen MR) is 68.8 cm³/mol. The highest BCUT2D eigenvalue weighted by molar-refractivity contribution is 6.18.